The van der Waals surface area contributed by atoms with E-state index in [4.69, 9.17) is 0 Å². The number of nitrogens with zero attached hydrogens (tertiary/aromatic N) is 2. The van der Waals surface area contributed by atoms with E-state index in [0.717, 1.165) is 18.5 Å². The first-order valence-electron chi connectivity index (χ1n) is 6.97. The third kappa shape index (κ3) is 3.69. The fraction of sp³-hybridized carbons (Fsp3) is 0.471. The molecule has 0 aliphatic heterocycles. The Hall–Kier alpha value is -1.57. The molecule has 0 spiro atoms. The second-order valence-electron chi connectivity index (χ2n) is 6.32. The summed E-state index contributed by atoms with van der Waals surface area (Å²) in [7, 11) is 3.99. The number of para-hydroxylation sites is 1. The average Bonchev–Trinajstić information content (AvgIpc) is 2.37. The minimum Gasteiger partial charge on any atom is -0.369 e. The molecule has 2 nitrogen and oxygen atoms in total. The molecule has 102 valence electrons. The topological polar surface area (TPSA) is 15.6 Å². The lowest BCUT2D eigenvalue weighted by Gasteiger charge is -2.29. The summed E-state index contributed by atoms with van der Waals surface area (Å²) in [5.41, 5.74) is 4.26. The number of aliphatic imine (C=N–C) groups is 1. The maximum absolute atomic E-state index is 4.58. The van der Waals surface area contributed by atoms with Gasteiger partial charge in [-0.05, 0) is 36.3 Å². The van der Waals surface area contributed by atoms with Gasteiger partial charge in [-0.2, -0.15) is 0 Å². The number of hydrogen-bond acceptors (Lipinski definition) is 1. The van der Waals surface area contributed by atoms with E-state index in [9.17, 15) is 0 Å². The minimum absolute atomic E-state index is 0.450. The molecule has 0 unspecified atom stereocenters. The third-order valence-corrected chi connectivity index (χ3v) is 3.65. The van der Waals surface area contributed by atoms with Gasteiger partial charge in [0, 0.05) is 19.7 Å². The van der Waals surface area contributed by atoms with E-state index >= 15 is 0 Å². The Bertz CT molecular complexity index is 496. The maximum Gasteiger partial charge on any atom is 0.0907 e. The van der Waals surface area contributed by atoms with Gasteiger partial charge in [-0.15, -0.1) is 0 Å². The van der Waals surface area contributed by atoms with Crippen molar-refractivity contribution in [3.8, 4) is 0 Å². The molecule has 19 heavy (non-hydrogen) atoms. The molecule has 0 atom stereocenters. The van der Waals surface area contributed by atoms with Crippen LogP contribution in [0.15, 0.2) is 35.3 Å². The summed E-state index contributed by atoms with van der Waals surface area (Å²) < 4.78 is 0. The van der Waals surface area contributed by atoms with Crippen molar-refractivity contribution in [3.05, 3.63) is 35.9 Å². The molecule has 2 rings (SSSR count). The van der Waals surface area contributed by atoms with Gasteiger partial charge in [0.05, 0.1) is 12.0 Å². The highest BCUT2D eigenvalue weighted by atomic mass is 15.1. The molecular weight excluding hydrogens is 232 g/mol. The number of benzene rings is 1. The predicted octanol–water partition coefficient (Wildman–Crippen LogP) is 4.50. The lowest BCUT2D eigenvalue weighted by atomic mass is 9.77. The van der Waals surface area contributed by atoms with Crippen LogP contribution in [0.25, 0.3) is 5.57 Å². The van der Waals surface area contributed by atoms with Gasteiger partial charge in [-0.3, -0.25) is 0 Å². The molecule has 0 radical (unpaired) electrons. The summed E-state index contributed by atoms with van der Waals surface area (Å²) >= 11 is 0. The van der Waals surface area contributed by atoms with Crippen LogP contribution >= 0.6 is 0 Å². The molecule has 0 saturated heterocycles. The molecule has 1 aromatic carbocycles. The normalized spacial score (nSPS) is 18.4. The van der Waals surface area contributed by atoms with E-state index in [-0.39, 0.29) is 0 Å². The van der Waals surface area contributed by atoms with E-state index < -0.39 is 0 Å². The van der Waals surface area contributed by atoms with Crippen molar-refractivity contribution in [3.63, 3.8) is 0 Å². The fourth-order valence-corrected chi connectivity index (χ4v) is 2.36. The van der Waals surface area contributed by atoms with Crippen LogP contribution in [0.3, 0.4) is 0 Å². The second kappa shape index (κ2) is 5.60. The number of rotatable bonds is 3. The Morgan fingerprint density at radius 3 is 2.58 bits per heavy atom. The Labute approximate surface area is 116 Å². The van der Waals surface area contributed by atoms with Crippen molar-refractivity contribution in [2.45, 2.75) is 33.1 Å². The van der Waals surface area contributed by atoms with Gasteiger partial charge in [0.2, 0.25) is 0 Å². The van der Waals surface area contributed by atoms with Gasteiger partial charge < -0.3 is 4.90 Å². The van der Waals surface area contributed by atoms with Crippen LogP contribution in [-0.4, -0.2) is 25.3 Å². The summed E-state index contributed by atoms with van der Waals surface area (Å²) in [6.45, 7) is 4.69. The molecule has 0 fully saturated rings. The van der Waals surface area contributed by atoms with Crippen LogP contribution in [0, 0.1) is 5.41 Å². The standard InChI is InChI=1S/C17H24N2/c1-17(2)11-9-14(10-12-17)15-7-5-6-8-16(15)18-13-19(3)4/h5-9,13H,10-12H2,1-4H3/b18-13+. The molecule has 1 aromatic rings. The fourth-order valence-electron chi connectivity index (χ4n) is 2.36. The molecule has 0 aromatic heterocycles. The average molecular weight is 256 g/mol. The van der Waals surface area contributed by atoms with E-state index in [1.165, 1.54) is 17.6 Å². The van der Waals surface area contributed by atoms with Crippen LogP contribution in [0.5, 0.6) is 0 Å². The van der Waals surface area contributed by atoms with E-state index in [1.54, 1.807) is 0 Å². The highest BCUT2D eigenvalue weighted by molar-refractivity contribution is 5.77. The second-order valence-corrected chi connectivity index (χ2v) is 6.32. The Kier molecular flexibility index (Phi) is 4.08. The molecule has 0 saturated carbocycles. The van der Waals surface area contributed by atoms with E-state index in [1.807, 2.05) is 25.3 Å². The van der Waals surface area contributed by atoms with Crippen molar-refractivity contribution >= 4 is 17.6 Å². The van der Waals surface area contributed by atoms with Gasteiger partial charge in [0.15, 0.2) is 0 Å². The zero-order valence-electron chi connectivity index (χ0n) is 12.5. The summed E-state index contributed by atoms with van der Waals surface area (Å²) in [6, 6.07) is 8.44. The van der Waals surface area contributed by atoms with Crippen LogP contribution in [0.2, 0.25) is 0 Å². The highest BCUT2D eigenvalue weighted by Gasteiger charge is 2.22. The van der Waals surface area contributed by atoms with Crippen LogP contribution in [-0.2, 0) is 0 Å². The molecule has 0 heterocycles. The van der Waals surface area contributed by atoms with Crippen molar-refractivity contribution in [1.82, 2.24) is 4.90 Å². The maximum atomic E-state index is 4.58. The van der Waals surface area contributed by atoms with Gasteiger partial charge in [-0.1, -0.05) is 38.1 Å². The minimum atomic E-state index is 0.450. The summed E-state index contributed by atoms with van der Waals surface area (Å²) in [5.74, 6) is 0. The zero-order chi connectivity index (χ0) is 13.9. The Balaban J connectivity index is 2.28. The van der Waals surface area contributed by atoms with Gasteiger partial charge in [0.1, 0.15) is 0 Å². The van der Waals surface area contributed by atoms with Crippen molar-refractivity contribution in [2.24, 2.45) is 10.4 Å². The third-order valence-electron chi connectivity index (χ3n) is 3.65. The van der Waals surface area contributed by atoms with Gasteiger partial charge in [0.25, 0.3) is 0 Å². The van der Waals surface area contributed by atoms with Gasteiger partial charge in [-0.25, -0.2) is 4.99 Å². The van der Waals surface area contributed by atoms with Crippen molar-refractivity contribution < 1.29 is 0 Å². The monoisotopic (exact) mass is 256 g/mol. The Morgan fingerprint density at radius 2 is 1.95 bits per heavy atom. The summed E-state index contributed by atoms with van der Waals surface area (Å²) in [5, 5.41) is 0. The molecule has 1 aliphatic rings. The lowest BCUT2D eigenvalue weighted by molar-refractivity contribution is 0.335. The SMILES string of the molecule is CN(C)/C=N/c1ccccc1C1=CCC(C)(C)CC1. The first kappa shape index (κ1) is 13.9. The zero-order valence-corrected chi connectivity index (χ0v) is 12.5. The molecule has 0 N–H and O–H groups in total. The lowest BCUT2D eigenvalue weighted by Crippen LogP contribution is -2.14. The summed E-state index contributed by atoms with van der Waals surface area (Å²) in [6.07, 6.45) is 7.83. The molecule has 0 amide bonds. The highest BCUT2D eigenvalue weighted by Crippen LogP contribution is 2.40. The van der Waals surface area contributed by atoms with Gasteiger partial charge >= 0.3 is 0 Å². The largest absolute Gasteiger partial charge is 0.369 e. The van der Waals surface area contributed by atoms with E-state index in [0.29, 0.717) is 5.41 Å². The van der Waals surface area contributed by atoms with Crippen molar-refractivity contribution in [2.75, 3.05) is 14.1 Å². The first-order valence-corrected chi connectivity index (χ1v) is 6.97. The quantitative estimate of drug-likeness (QED) is 0.574. The van der Waals surface area contributed by atoms with Crippen LogP contribution in [0.1, 0.15) is 38.7 Å². The van der Waals surface area contributed by atoms with Crippen molar-refractivity contribution in [1.29, 1.82) is 0 Å². The predicted molar refractivity (Wildman–Crippen MR) is 83.9 cm³/mol. The Morgan fingerprint density at radius 1 is 1.21 bits per heavy atom. The first-order chi connectivity index (χ1) is 8.98. The smallest absolute Gasteiger partial charge is 0.0907 e. The molecular formula is C17H24N2. The van der Waals surface area contributed by atoms with E-state index in [2.05, 4.69) is 49.2 Å². The molecule has 0 bridgehead atoms. The molecule has 1 aliphatic carbocycles. The number of allylic oxidation sites excluding steroid dienone is 2. The van der Waals surface area contributed by atoms with Crippen LogP contribution in [0.4, 0.5) is 5.69 Å². The summed E-state index contributed by atoms with van der Waals surface area (Å²) in [4.78, 5) is 6.54. The number of hydrogen-bond donors (Lipinski definition) is 0. The van der Waals surface area contributed by atoms with Crippen LogP contribution < -0.4 is 0 Å². The molecule has 2 heteroatoms.